The second-order valence-corrected chi connectivity index (χ2v) is 9.50. The number of carbonyl (C=O) groups is 2. The molecule has 2 heterocycles. The maximum atomic E-state index is 14.4. The van der Waals surface area contributed by atoms with Crippen LogP contribution in [-0.2, 0) is 9.59 Å². The zero-order valence-electron chi connectivity index (χ0n) is 19.5. The average Bonchev–Trinajstić information content (AvgIpc) is 3.27. The number of fused-ring (bicyclic) bond motifs is 1. The minimum atomic E-state index is -0.688. The van der Waals surface area contributed by atoms with E-state index < -0.39 is 17.6 Å². The Bertz CT molecular complexity index is 1050. The monoisotopic (exact) mass is 456 g/mol. The van der Waals surface area contributed by atoms with E-state index in [2.05, 4.69) is 24.0 Å². The van der Waals surface area contributed by atoms with E-state index in [9.17, 15) is 18.4 Å². The summed E-state index contributed by atoms with van der Waals surface area (Å²) in [6, 6.07) is 5.44. The number of aromatic nitrogens is 2. The molecule has 1 aliphatic heterocycles. The number of rotatable bonds is 4. The number of likely N-dealkylation sites (tertiary alicyclic amines) is 1. The van der Waals surface area contributed by atoms with E-state index in [0.717, 1.165) is 18.4 Å². The van der Waals surface area contributed by atoms with Crippen molar-refractivity contribution in [3.63, 3.8) is 0 Å². The molecule has 0 spiro atoms. The molecule has 1 aromatic heterocycles. The van der Waals surface area contributed by atoms with Crippen LogP contribution in [0.4, 0.5) is 8.78 Å². The minimum absolute atomic E-state index is 0.00964. The maximum Gasteiger partial charge on any atom is 0.231 e. The number of carbonyl (C=O) groups excluding carboxylic acids is 2. The summed E-state index contributed by atoms with van der Waals surface area (Å²) >= 11 is 0. The van der Waals surface area contributed by atoms with Crippen LogP contribution in [-0.4, -0.2) is 58.0 Å². The molecule has 3 atom stereocenters. The van der Waals surface area contributed by atoms with Gasteiger partial charge in [-0.1, -0.05) is 19.9 Å². The quantitative estimate of drug-likeness (QED) is 0.694. The van der Waals surface area contributed by atoms with Crippen molar-refractivity contribution in [2.75, 3.05) is 20.1 Å². The third-order valence-electron chi connectivity index (χ3n) is 7.19. The topological polar surface area (TPSA) is 66.4 Å². The summed E-state index contributed by atoms with van der Waals surface area (Å²) < 4.78 is 28.8. The zero-order chi connectivity index (χ0) is 23.9. The SMILES string of the molecule is CC(=O)N(C)C1CCN(C(=O)C2CC[C@@H](C(C)C)c3cc(-c4c(F)cccc4F)nnc32)C1. The third-order valence-corrected chi connectivity index (χ3v) is 7.19. The van der Waals surface area contributed by atoms with Crippen LogP contribution in [0.15, 0.2) is 24.3 Å². The third kappa shape index (κ3) is 4.35. The Morgan fingerprint density at radius 3 is 2.45 bits per heavy atom. The van der Waals surface area contributed by atoms with E-state index in [1.807, 2.05) is 0 Å². The van der Waals surface area contributed by atoms with Gasteiger partial charge in [0.1, 0.15) is 11.6 Å². The van der Waals surface area contributed by atoms with Crippen molar-refractivity contribution in [2.24, 2.45) is 5.92 Å². The number of halogens is 2. The molecule has 6 nitrogen and oxygen atoms in total. The van der Waals surface area contributed by atoms with Crippen LogP contribution in [0.3, 0.4) is 0 Å². The number of amides is 2. The summed E-state index contributed by atoms with van der Waals surface area (Å²) in [5.74, 6) is -1.44. The van der Waals surface area contributed by atoms with Gasteiger partial charge in [0.25, 0.3) is 0 Å². The molecular formula is C25H30F2N4O2. The molecule has 0 N–H and O–H groups in total. The number of hydrogen-bond acceptors (Lipinski definition) is 4. The van der Waals surface area contributed by atoms with Crippen LogP contribution >= 0.6 is 0 Å². The molecule has 2 aromatic rings. The number of likely N-dealkylation sites (N-methyl/N-ethyl adjacent to an activating group) is 1. The van der Waals surface area contributed by atoms with Gasteiger partial charge in [-0.15, -0.1) is 5.10 Å². The minimum Gasteiger partial charge on any atom is -0.341 e. The van der Waals surface area contributed by atoms with Crippen molar-refractivity contribution in [3.05, 3.63) is 47.2 Å². The fourth-order valence-corrected chi connectivity index (χ4v) is 5.16. The van der Waals surface area contributed by atoms with E-state index in [1.165, 1.54) is 25.1 Å². The molecule has 2 amide bonds. The lowest BCUT2D eigenvalue weighted by atomic mass is 9.74. The van der Waals surface area contributed by atoms with E-state index >= 15 is 0 Å². The highest BCUT2D eigenvalue weighted by atomic mass is 19.1. The predicted molar refractivity (Wildman–Crippen MR) is 120 cm³/mol. The highest BCUT2D eigenvalue weighted by molar-refractivity contribution is 5.84. The van der Waals surface area contributed by atoms with Gasteiger partial charge < -0.3 is 9.80 Å². The lowest BCUT2D eigenvalue weighted by Gasteiger charge is -2.34. The largest absolute Gasteiger partial charge is 0.341 e. The first kappa shape index (κ1) is 23.3. The fourth-order valence-electron chi connectivity index (χ4n) is 5.16. The molecule has 176 valence electrons. The summed E-state index contributed by atoms with van der Waals surface area (Å²) in [7, 11) is 1.76. The number of nitrogens with zero attached hydrogens (tertiary/aromatic N) is 4. The summed E-state index contributed by atoms with van der Waals surface area (Å²) in [5.41, 5.74) is 1.40. The highest BCUT2D eigenvalue weighted by Gasteiger charge is 2.39. The molecule has 1 aliphatic carbocycles. The lowest BCUT2D eigenvalue weighted by molar-refractivity contribution is -0.134. The molecule has 1 fully saturated rings. The smallest absolute Gasteiger partial charge is 0.231 e. The van der Waals surface area contributed by atoms with Crippen LogP contribution < -0.4 is 0 Å². The predicted octanol–water partition coefficient (Wildman–Crippen LogP) is 4.12. The first-order valence-corrected chi connectivity index (χ1v) is 11.5. The zero-order valence-corrected chi connectivity index (χ0v) is 19.5. The van der Waals surface area contributed by atoms with Crippen molar-refractivity contribution in [2.45, 2.75) is 57.9 Å². The molecule has 33 heavy (non-hydrogen) atoms. The van der Waals surface area contributed by atoms with Gasteiger partial charge in [0.2, 0.25) is 11.8 Å². The Morgan fingerprint density at radius 2 is 1.82 bits per heavy atom. The van der Waals surface area contributed by atoms with Gasteiger partial charge in [0, 0.05) is 27.1 Å². The van der Waals surface area contributed by atoms with Gasteiger partial charge in [0.05, 0.1) is 28.9 Å². The number of hydrogen-bond donors (Lipinski definition) is 0. The Balaban J connectivity index is 1.67. The second kappa shape index (κ2) is 9.15. The van der Waals surface area contributed by atoms with Crippen LogP contribution in [0.2, 0.25) is 0 Å². The van der Waals surface area contributed by atoms with E-state index in [4.69, 9.17) is 0 Å². The molecular weight excluding hydrogens is 426 g/mol. The Morgan fingerprint density at radius 1 is 1.12 bits per heavy atom. The lowest BCUT2D eigenvalue weighted by Crippen LogP contribution is -2.41. The van der Waals surface area contributed by atoms with Crippen molar-refractivity contribution in [3.8, 4) is 11.3 Å². The standard InChI is InChI=1S/C25H30F2N4O2/c1-14(2)17-8-9-18(25(33)31-11-10-16(13-31)30(4)15(3)32)24-19(17)12-22(28-29-24)23-20(26)6-5-7-21(23)27/h5-7,12,14,16-18H,8-11,13H2,1-4H3/t16?,17-,18?/m0/s1. The summed E-state index contributed by atoms with van der Waals surface area (Å²) in [6.07, 6.45) is 2.18. The van der Waals surface area contributed by atoms with Crippen LogP contribution in [0, 0.1) is 17.6 Å². The Hall–Kier alpha value is -2.90. The van der Waals surface area contributed by atoms with Crippen molar-refractivity contribution in [1.82, 2.24) is 20.0 Å². The molecule has 0 bridgehead atoms. The van der Waals surface area contributed by atoms with Gasteiger partial charge in [0.15, 0.2) is 0 Å². The first-order valence-electron chi connectivity index (χ1n) is 11.5. The normalized spacial score (nSPS) is 22.4. The highest BCUT2D eigenvalue weighted by Crippen LogP contribution is 2.43. The van der Waals surface area contributed by atoms with Gasteiger partial charge in [-0.2, -0.15) is 5.10 Å². The van der Waals surface area contributed by atoms with Crippen molar-refractivity contribution < 1.29 is 18.4 Å². The molecule has 2 aliphatic rings. The van der Waals surface area contributed by atoms with Gasteiger partial charge in [-0.25, -0.2) is 8.78 Å². The molecule has 0 saturated carbocycles. The van der Waals surface area contributed by atoms with E-state index in [1.54, 1.807) is 22.9 Å². The molecule has 2 unspecified atom stereocenters. The number of benzene rings is 1. The average molecular weight is 457 g/mol. The molecule has 1 aromatic carbocycles. The first-order chi connectivity index (χ1) is 15.7. The fraction of sp³-hybridized carbons (Fsp3) is 0.520. The van der Waals surface area contributed by atoms with Crippen molar-refractivity contribution in [1.29, 1.82) is 0 Å². The van der Waals surface area contributed by atoms with E-state index in [0.29, 0.717) is 25.2 Å². The van der Waals surface area contributed by atoms with Gasteiger partial charge in [-0.05, 0) is 54.9 Å². The van der Waals surface area contributed by atoms with Gasteiger partial charge in [-0.3, -0.25) is 9.59 Å². The van der Waals surface area contributed by atoms with Crippen molar-refractivity contribution >= 4 is 11.8 Å². The van der Waals surface area contributed by atoms with Crippen LogP contribution in [0.1, 0.15) is 63.1 Å². The molecule has 1 saturated heterocycles. The Kier molecular flexibility index (Phi) is 6.45. The maximum absolute atomic E-state index is 14.4. The molecule has 8 heteroatoms. The molecule has 4 rings (SSSR count). The summed E-state index contributed by atoms with van der Waals surface area (Å²) in [5, 5.41) is 8.52. The summed E-state index contributed by atoms with van der Waals surface area (Å²) in [4.78, 5) is 28.7. The molecule has 0 radical (unpaired) electrons. The van der Waals surface area contributed by atoms with E-state index in [-0.39, 0.29) is 40.9 Å². The van der Waals surface area contributed by atoms with Crippen LogP contribution in [0.25, 0.3) is 11.3 Å². The second-order valence-electron chi connectivity index (χ2n) is 9.50. The van der Waals surface area contributed by atoms with Gasteiger partial charge >= 0.3 is 0 Å². The van der Waals surface area contributed by atoms with Crippen LogP contribution in [0.5, 0.6) is 0 Å². The summed E-state index contributed by atoms with van der Waals surface area (Å²) in [6.45, 7) is 6.82. The Labute approximate surface area is 193 Å².